The molecule has 0 radical (unpaired) electrons. The Morgan fingerprint density at radius 3 is 2.97 bits per heavy atom. The number of hydrogen-bond donors (Lipinski definition) is 2. The van der Waals surface area contributed by atoms with Gasteiger partial charge in [-0.1, -0.05) is 0 Å². The second kappa shape index (κ2) is 9.35. The van der Waals surface area contributed by atoms with Gasteiger partial charge in [0.25, 0.3) is 11.8 Å². The van der Waals surface area contributed by atoms with E-state index in [9.17, 15) is 9.90 Å². The molecule has 4 bridgehead atoms. The summed E-state index contributed by atoms with van der Waals surface area (Å²) in [6.45, 7) is 1.94. The van der Waals surface area contributed by atoms with Crippen LogP contribution < -0.4 is 14.8 Å². The lowest BCUT2D eigenvalue weighted by Crippen LogP contribution is -2.41. The van der Waals surface area contributed by atoms with Crippen LogP contribution in [0.4, 0.5) is 5.69 Å². The summed E-state index contributed by atoms with van der Waals surface area (Å²) in [6, 6.07) is 5.01. The summed E-state index contributed by atoms with van der Waals surface area (Å²) in [4.78, 5) is 19.5. The van der Waals surface area contributed by atoms with Crippen LogP contribution in [-0.2, 0) is 14.3 Å². The number of benzene rings is 1. The SMILES string of the molecule is COCCOC1C[C@H]2COc3nc4c(cnn4cc3OC)-c3cc(O)cc(c3)NCCN2C1=O. The van der Waals surface area contributed by atoms with Gasteiger partial charge in [0.2, 0.25) is 0 Å². The molecule has 11 nitrogen and oxygen atoms in total. The van der Waals surface area contributed by atoms with Crippen molar-refractivity contribution >= 4 is 17.2 Å². The number of amides is 1. The van der Waals surface area contributed by atoms with Crippen LogP contribution >= 0.6 is 0 Å². The number of fused-ring (bicyclic) bond motifs is 5. The van der Waals surface area contributed by atoms with E-state index in [1.807, 2.05) is 6.07 Å². The molecule has 11 heteroatoms. The molecule has 1 aromatic carbocycles. The second-order valence-electron chi connectivity index (χ2n) is 8.22. The molecule has 180 valence electrons. The Balaban J connectivity index is 1.52. The number of hydrogen-bond acceptors (Lipinski definition) is 9. The molecule has 1 saturated heterocycles. The lowest BCUT2D eigenvalue weighted by molar-refractivity contribution is -0.138. The van der Waals surface area contributed by atoms with Crippen molar-refractivity contribution < 1.29 is 28.8 Å². The molecule has 0 saturated carbocycles. The van der Waals surface area contributed by atoms with Gasteiger partial charge in [0.15, 0.2) is 11.4 Å². The van der Waals surface area contributed by atoms with Crippen molar-refractivity contribution in [2.45, 2.75) is 18.6 Å². The zero-order chi connectivity index (χ0) is 23.7. The number of methoxy groups -OCH3 is 2. The van der Waals surface area contributed by atoms with Gasteiger partial charge in [-0.2, -0.15) is 10.1 Å². The third-order valence-corrected chi connectivity index (χ3v) is 6.06. The smallest absolute Gasteiger partial charge is 0.260 e. The van der Waals surface area contributed by atoms with Crippen LogP contribution in [0.2, 0.25) is 0 Å². The molecule has 1 fully saturated rings. The lowest BCUT2D eigenvalue weighted by atomic mass is 10.1. The average Bonchev–Trinajstić information content (AvgIpc) is 3.37. The fraction of sp³-hybridized carbons (Fsp3) is 0.435. The first-order valence-corrected chi connectivity index (χ1v) is 11.1. The molecule has 34 heavy (non-hydrogen) atoms. The van der Waals surface area contributed by atoms with Crippen LogP contribution in [0.15, 0.2) is 30.6 Å². The summed E-state index contributed by atoms with van der Waals surface area (Å²) >= 11 is 0. The number of nitrogens with zero attached hydrogens (tertiary/aromatic N) is 4. The number of carbonyl (C=O) groups is 1. The number of aromatic nitrogens is 3. The summed E-state index contributed by atoms with van der Waals surface area (Å²) in [5.74, 6) is 0.765. The van der Waals surface area contributed by atoms with Crippen LogP contribution in [0.1, 0.15) is 6.42 Å². The topological polar surface area (TPSA) is 120 Å². The highest BCUT2D eigenvalue weighted by Crippen LogP contribution is 2.34. The third-order valence-electron chi connectivity index (χ3n) is 6.06. The largest absolute Gasteiger partial charge is 0.508 e. The predicted octanol–water partition coefficient (Wildman–Crippen LogP) is 1.55. The van der Waals surface area contributed by atoms with Crippen molar-refractivity contribution in [2.24, 2.45) is 0 Å². The summed E-state index contributed by atoms with van der Waals surface area (Å²) in [7, 11) is 3.13. The minimum Gasteiger partial charge on any atom is -0.508 e. The maximum absolute atomic E-state index is 13.1. The second-order valence-corrected chi connectivity index (χ2v) is 8.22. The first kappa shape index (κ1) is 22.2. The first-order valence-electron chi connectivity index (χ1n) is 11.1. The molecule has 3 aromatic rings. The average molecular weight is 469 g/mol. The zero-order valence-electron chi connectivity index (χ0n) is 19.1. The number of rotatable bonds is 5. The Morgan fingerprint density at radius 2 is 2.15 bits per heavy atom. The zero-order valence-corrected chi connectivity index (χ0v) is 19.1. The van der Waals surface area contributed by atoms with Crippen LogP contribution in [-0.4, -0.2) is 89.8 Å². The van der Waals surface area contributed by atoms with Crippen LogP contribution in [0.5, 0.6) is 17.4 Å². The molecule has 4 heterocycles. The highest BCUT2D eigenvalue weighted by molar-refractivity contribution is 5.84. The Bertz CT molecular complexity index is 1200. The number of ether oxygens (including phenoxy) is 4. The van der Waals surface area contributed by atoms with Crippen molar-refractivity contribution in [3.8, 4) is 28.5 Å². The highest BCUT2D eigenvalue weighted by atomic mass is 16.5. The van der Waals surface area contributed by atoms with E-state index in [1.165, 1.54) is 7.11 Å². The molecule has 2 N–H and O–H groups in total. The minimum atomic E-state index is -0.550. The lowest BCUT2D eigenvalue weighted by Gasteiger charge is -2.25. The van der Waals surface area contributed by atoms with Gasteiger partial charge >= 0.3 is 0 Å². The number of aromatic hydroxyl groups is 1. The van der Waals surface area contributed by atoms with E-state index in [4.69, 9.17) is 18.9 Å². The van der Waals surface area contributed by atoms with Crippen molar-refractivity contribution in [1.29, 1.82) is 0 Å². The van der Waals surface area contributed by atoms with Crippen molar-refractivity contribution in [2.75, 3.05) is 52.4 Å². The van der Waals surface area contributed by atoms with Crippen LogP contribution in [0.25, 0.3) is 16.8 Å². The van der Waals surface area contributed by atoms with E-state index in [-0.39, 0.29) is 24.3 Å². The first-order chi connectivity index (χ1) is 16.6. The monoisotopic (exact) mass is 469 g/mol. The van der Waals surface area contributed by atoms with E-state index in [2.05, 4.69) is 15.4 Å². The number of carbonyl (C=O) groups excluding carboxylic acids is 1. The van der Waals surface area contributed by atoms with Gasteiger partial charge in [0, 0.05) is 43.9 Å². The Hall–Kier alpha value is -3.57. The van der Waals surface area contributed by atoms with E-state index in [0.29, 0.717) is 50.0 Å². The normalized spacial score (nSPS) is 20.1. The van der Waals surface area contributed by atoms with Gasteiger partial charge in [0.05, 0.1) is 38.8 Å². The van der Waals surface area contributed by atoms with E-state index in [1.54, 1.807) is 41.1 Å². The Kier molecular flexibility index (Phi) is 6.12. The molecule has 5 rings (SSSR count). The number of phenolic OH excluding ortho intramolecular Hbond substituents is 1. The van der Waals surface area contributed by atoms with E-state index >= 15 is 0 Å². The summed E-state index contributed by atoms with van der Waals surface area (Å²) in [5.41, 5.74) is 2.78. The van der Waals surface area contributed by atoms with E-state index < -0.39 is 6.10 Å². The molecule has 1 unspecified atom stereocenters. The summed E-state index contributed by atoms with van der Waals surface area (Å²) in [6.07, 6.45) is 3.34. The maximum atomic E-state index is 13.1. The quantitative estimate of drug-likeness (QED) is 0.536. The molecule has 0 aliphatic carbocycles. The van der Waals surface area contributed by atoms with Gasteiger partial charge in [0.1, 0.15) is 18.5 Å². The molecular formula is C23H27N5O6. The van der Waals surface area contributed by atoms with Crippen molar-refractivity contribution in [3.05, 3.63) is 30.6 Å². The van der Waals surface area contributed by atoms with Gasteiger partial charge in [-0.3, -0.25) is 4.79 Å². The number of anilines is 1. The summed E-state index contributed by atoms with van der Waals surface area (Å²) in [5, 5.41) is 18.0. The molecular weight excluding hydrogens is 442 g/mol. The molecule has 1 amide bonds. The van der Waals surface area contributed by atoms with Crippen molar-refractivity contribution in [1.82, 2.24) is 19.5 Å². The van der Waals surface area contributed by atoms with Gasteiger partial charge in [-0.25, -0.2) is 4.52 Å². The molecule has 2 aliphatic heterocycles. The van der Waals surface area contributed by atoms with Crippen LogP contribution in [0.3, 0.4) is 0 Å². The molecule has 2 aromatic heterocycles. The molecule has 2 aliphatic rings. The Labute approximate surface area is 196 Å². The number of phenols is 1. The fourth-order valence-electron chi connectivity index (χ4n) is 4.39. The minimum absolute atomic E-state index is 0.0800. The Morgan fingerprint density at radius 1 is 1.26 bits per heavy atom. The van der Waals surface area contributed by atoms with Gasteiger partial charge < -0.3 is 34.3 Å². The standard InChI is InChI=1S/C23H27N5O6/c1-31-5-6-33-19-10-16-13-34-22-20(32-2)12-28-21(26-22)18(11-25-28)14-7-15(9-17(29)8-14)24-3-4-27(16)23(19)30/h7-9,11-12,16,19,24,29H,3-6,10,13H2,1-2H3/t16-,19?/m0/s1. The fourth-order valence-corrected chi connectivity index (χ4v) is 4.39. The number of nitrogens with one attached hydrogen (secondary N) is 1. The third kappa shape index (κ3) is 4.19. The van der Waals surface area contributed by atoms with Crippen LogP contribution in [0, 0.1) is 0 Å². The van der Waals surface area contributed by atoms with Gasteiger partial charge in [-0.05, 0) is 17.7 Å². The highest BCUT2D eigenvalue weighted by Gasteiger charge is 2.40. The maximum Gasteiger partial charge on any atom is 0.260 e. The molecule has 0 spiro atoms. The predicted molar refractivity (Wildman–Crippen MR) is 122 cm³/mol. The van der Waals surface area contributed by atoms with E-state index in [0.717, 1.165) is 16.8 Å². The summed E-state index contributed by atoms with van der Waals surface area (Å²) < 4.78 is 24.0. The molecule has 2 atom stereocenters. The van der Waals surface area contributed by atoms with Gasteiger partial charge in [-0.15, -0.1) is 0 Å². The van der Waals surface area contributed by atoms with Crippen molar-refractivity contribution in [3.63, 3.8) is 0 Å².